The van der Waals surface area contributed by atoms with Gasteiger partial charge in [-0.1, -0.05) is 11.6 Å². The molecule has 0 aliphatic rings. The Hall–Kier alpha value is -1.88. The third kappa shape index (κ3) is 2.82. The van der Waals surface area contributed by atoms with E-state index in [2.05, 4.69) is 10.2 Å². The SMILES string of the molecule is CN(Cc1ccoc1)C(=O)c1ccc(Cl)nn1. The summed E-state index contributed by atoms with van der Waals surface area (Å²) in [5, 5.41) is 7.62. The van der Waals surface area contributed by atoms with Crippen LogP contribution in [0.3, 0.4) is 0 Å². The zero-order valence-electron chi connectivity index (χ0n) is 9.13. The molecule has 5 nitrogen and oxygen atoms in total. The first kappa shape index (κ1) is 11.6. The third-order valence-corrected chi connectivity index (χ3v) is 2.40. The summed E-state index contributed by atoms with van der Waals surface area (Å²) in [6.45, 7) is 0.458. The molecule has 1 amide bonds. The maximum atomic E-state index is 11.9. The van der Waals surface area contributed by atoms with Crippen LogP contribution in [0.2, 0.25) is 5.15 Å². The molecule has 6 heteroatoms. The lowest BCUT2D eigenvalue weighted by Crippen LogP contribution is -2.27. The molecule has 2 heterocycles. The van der Waals surface area contributed by atoms with Crippen molar-refractivity contribution in [1.82, 2.24) is 15.1 Å². The second kappa shape index (κ2) is 4.97. The predicted molar refractivity (Wildman–Crippen MR) is 61.5 cm³/mol. The normalized spacial score (nSPS) is 10.2. The van der Waals surface area contributed by atoms with Crippen molar-refractivity contribution in [2.45, 2.75) is 6.54 Å². The molecule has 0 unspecified atom stereocenters. The molecule has 0 fully saturated rings. The molecule has 2 aromatic heterocycles. The fraction of sp³-hybridized carbons (Fsp3) is 0.182. The molecule has 0 aliphatic heterocycles. The van der Waals surface area contributed by atoms with Crippen molar-refractivity contribution < 1.29 is 9.21 Å². The molecule has 2 rings (SSSR count). The van der Waals surface area contributed by atoms with Crippen LogP contribution in [-0.4, -0.2) is 28.1 Å². The highest BCUT2D eigenvalue weighted by Crippen LogP contribution is 2.08. The van der Waals surface area contributed by atoms with Crippen molar-refractivity contribution in [3.8, 4) is 0 Å². The first-order valence-electron chi connectivity index (χ1n) is 4.92. The fourth-order valence-corrected chi connectivity index (χ4v) is 1.45. The molecule has 0 radical (unpaired) electrons. The molecular weight excluding hydrogens is 242 g/mol. The molecular formula is C11H10ClN3O2. The third-order valence-electron chi connectivity index (χ3n) is 2.20. The fourth-order valence-electron chi connectivity index (χ4n) is 1.35. The monoisotopic (exact) mass is 251 g/mol. The summed E-state index contributed by atoms with van der Waals surface area (Å²) in [6, 6.07) is 4.88. The van der Waals surface area contributed by atoms with E-state index in [-0.39, 0.29) is 16.8 Å². The van der Waals surface area contributed by atoms with Crippen LogP contribution in [0.5, 0.6) is 0 Å². The highest BCUT2D eigenvalue weighted by molar-refractivity contribution is 6.29. The Bertz CT molecular complexity index is 496. The zero-order valence-corrected chi connectivity index (χ0v) is 9.89. The Morgan fingerprint density at radius 1 is 1.41 bits per heavy atom. The Morgan fingerprint density at radius 2 is 2.24 bits per heavy atom. The van der Waals surface area contributed by atoms with E-state index in [1.807, 2.05) is 0 Å². The first-order valence-corrected chi connectivity index (χ1v) is 5.30. The largest absolute Gasteiger partial charge is 0.472 e. The Morgan fingerprint density at radius 3 is 2.82 bits per heavy atom. The van der Waals surface area contributed by atoms with Gasteiger partial charge in [0.1, 0.15) is 0 Å². The van der Waals surface area contributed by atoms with Gasteiger partial charge in [0.2, 0.25) is 0 Å². The number of amides is 1. The van der Waals surface area contributed by atoms with Gasteiger partial charge in [0.05, 0.1) is 12.5 Å². The number of hydrogen-bond acceptors (Lipinski definition) is 4. The Balaban J connectivity index is 2.07. The standard InChI is InChI=1S/C11H10ClN3O2/c1-15(6-8-4-5-17-7-8)11(16)9-2-3-10(12)14-13-9/h2-5,7H,6H2,1H3. The Kier molecular flexibility index (Phi) is 3.39. The van der Waals surface area contributed by atoms with Crippen molar-refractivity contribution >= 4 is 17.5 Å². The molecule has 0 atom stereocenters. The topological polar surface area (TPSA) is 59.2 Å². The van der Waals surface area contributed by atoms with E-state index in [4.69, 9.17) is 16.0 Å². The Labute approximate surface area is 103 Å². The van der Waals surface area contributed by atoms with Crippen molar-refractivity contribution in [3.05, 3.63) is 47.1 Å². The number of rotatable bonds is 3. The molecule has 0 N–H and O–H groups in total. The van der Waals surface area contributed by atoms with E-state index in [1.165, 1.54) is 11.0 Å². The zero-order chi connectivity index (χ0) is 12.3. The van der Waals surface area contributed by atoms with E-state index in [9.17, 15) is 4.79 Å². The lowest BCUT2D eigenvalue weighted by Gasteiger charge is -2.14. The van der Waals surface area contributed by atoms with Gasteiger partial charge in [-0.3, -0.25) is 4.79 Å². The van der Waals surface area contributed by atoms with Crippen LogP contribution >= 0.6 is 11.6 Å². The molecule has 0 saturated carbocycles. The average Bonchev–Trinajstić information content (AvgIpc) is 2.82. The van der Waals surface area contributed by atoms with Crippen LogP contribution in [0, 0.1) is 0 Å². The molecule has 0 aliphatic carbocycles. The smallest absolute Gasteiger partial charge is 0.274 e. The van der Waals surface area contributed by atoms with Gasteiger partial charge in [-0.05, 0) is 18.2 Å². The number of furan rings is 1. The van der Waals surface area contributed by atoms with Gasteiger partial charge in [-0.15, -0.1) is 10.2 Å². The molecule has 88 valence electrons. The minimum Gasteiger partial charge on any atom is -0.472 e. The van der Waals surface area contributed by atoms with Crippen molar-refractivity contribution in [1.29, 1.82) is 0 Å². The van der Waals surface area contributed by atoms with Crippen LogP contribution in [0.15, 0.2) is 35.1 Å². The van der Waals surface area contributed by atoms with Crippen LogP contribution in [0.4, 0.5) is 0 Å². The highest BCUT2D eigenvalue weighted by Gasteiger charge is 2.14. The van der Waals surface area contributed by atoms with Gasteiger partial charge in [0.15, 0.2) is 10.8 Å². The van der Waals surface area contributed by atoms with Crippen LogP contribution < -0.4 is 0 Å². The maximum absolute atomic E-state index is 11.9. The van der Waals surface area contributed by atoms with E-state index >= 15 is 0 Å². The van der Waals surface area contributed by atoms with E-state index in [0.717, 1.165) is 5.56 Å². The van der Waals surface area contributed by atoms with E-state index < -0.39 is 0 Å². The molecule has 0 saturated heterocycles. The summed E-state index contributed by atoms with van der Waals surface area (Å²) in [4.78, 5) is 13.5. The minimum atomic E-state index is -0.213. The van der Waals surface area contributed by atoms with Gasteiger partial charge in [0, 0.05) is 19.2 Å². The average molecular weight is 252 g/mol. The summed E-state index contributed by atoms with van der Waals surface area (Å²) in [5.41, 5.74) is 1.18. The lowest BCUT2D eigenvalue weighted by molar-refractivity contribution is 0.0778. The summed E-state index contributed by atoms with van der Waals surface area (Å²) in [6.07, 6.45) is 3.16. The first-order chi connectivity index (χ1) is 8.16. The number of carbonyl (C=O) groups excluding carboxylic acids is 1. The minimum absolute atomic E-state index is 0.213. The molecule has 0 bridgehead atoms. The van der Waals surface area contributed by atoms with Gasteiger partial charge in [-0.2, -0.15) is 0 Å². The number of halogens is 1. The molecule has 17 heavy (non-hydrogen) atoms. The summed E-state index contributed by atoms with van der Waals surface area (Å²) >= 11 is 5.60. The van der Waals surface area contributed by atoms with E-state index in [0.29, 0.717) is 6.54 Å². The van der Waals surface area contributed by atoms with Crippen molar-refractivity contribution in [3.63, 3.8) is 0 Å². The second-order valence-corrected chi connectivity index (χ2v) is 3.92. The summed E-state index contributed by atoms with van der Waals surface area (Å²) < 4.78 is 4.93. The van der Waals surface area contributed by atoms with Crippen molar-refractivity contribution in [2.75, 3.05) is 7.05 Å². The predicted octanol–water partition coefficient (Wildman–Crippen LogP) is 2.00. The molecule has 2 aromatic rings. The molecule has 0 aromatic carbocycles. The lowest BCUT2D eigenvalue weighted by atomic mass is 10.3. The number of hydrogen-bond donors (Lipinski definition) is 0. The van der Waals surface area contributed by atoms with Crippen LogP contribution in [-0.2, 0) is 6.54 Å². The van der Waals surface area contributed by atoms with Crippen molar-refractivity contribution in [2.24, 2.45) is 0 Å². The highest BCUT2D eigenvalue weighted by atomic mass is 35.5. The van der Waals surface area contributed by atoms with E-state index in [1.54, 1.807) is 31.7 Å². The number of aromatic nitrogens is 2. The van der Waals surface area contributed by atoms with Crippen LogP contribution in [0.1, 0.15) is 16.1 Å². The van der Waals surface area contributed by atoms with Gasteiger partial charge >= 0.3 is 0 Å². The molecule has 0 spiro atoms. The summed E-state index contributed by atoms with van der Waals surface area (Å²) in [5.74, 6) is -0.213. The maximum Gasteiger partial charge on any atom is 0.274 e. The number of nitrogens with zero attached hydrogens (tertiary/aromatic N) is 3. The van der Waals surface area contributed by atoms with Gasteiger partial charge < -0.3 is 9.32 Å². The van der Waals surface area contributed by atoms with Crippen LogP contribution in [0.25, 0.3) is 0 Å². The number of carbonyl (C=O) groups is 1. The van der Waals surface area contributed by atoms with Gasteiger partial charge in [0.25, 0.3) is 5.91 Å². The quantitative estimate of drug-likeness (QED) is 0.837. The van der Waals surface area contributed by atoms with Gasteiger partial charge in [-0.25, -0.2) is 0 Å². The summed E-state index contributed by atoms with van der Waals surface area (Å²) in [7, 11) is 1.69. The second-order valence-electron chi connectivity index (χ2n) is 3.53.